The van der Waals surface area contributed by atoms with Crippen LogP contribution in [0.15, 0.2) is 30.3 Å². The van der Waals surface area contributed by atoms with E-state index in [9.17, 15) is 14.7 Å². The van der Waals surface area contributed by atoms with Crippen LogP contribution in [-0.4, -0.2) is 52.2 Å². The molecule has 1 aliphatic rings. The van der Waals surface area contributed by atoms with Gasteiger partial charge in [0.15, 0.2) is 0 Å². The van der Waals surface area contributed by atoms with Crippen molar-refractivity contribution in [2.75, 3.05) is 7.05 Å². The van der Waals surface area contributed by atoms with E-state index in [4.69, 9.17) is 14.3 Å². The molecule has 1 N–H and O–H groups in total. The van der Waals surface area contributed by atoms with E-state index in [2.05, 4.69) is 0 Å². The number of carbonyl (C=O) groups is 2. The van der Waals surface area contributed by atoms with Crippen molar-refractivity contribution >= 4 is 11.9 Å². The minimum absolute atomic E-state index is 0.227. The summed E-state index contributed by atoms with van der Waals surface area (Å²) in [4.78, 5) is 31.2. The van der Waals surface area contributed by atoms with Gasteiger partial charge < -0.3 is 14.6 Å². The first-order valence-electron chi connectivity index (χ1n) is 9.37. The van der Waals surface area contributed by atoms with E-state index < -0.39 is 40.9 Å². The monoisotopic (exact) mass is 393 g/mol. The highest BCUT2D eigenvalue weighted by Gasteiger charge is 2.62. The summed E-state index contributed by atoms with van der Waals surface area (Å²) >= 11 is 0. The third kappa shape index (κ3) is 5.31. The summed E-state index contributed by atoms with van der Waals surface area (Å²) in [6.07, 6.45) is 0.227. The summed E-state index contributed by atoms with van der Waals surface area (Å²) in [5.74, 6) is -4.72. The number of rotatable bonds is 4. The van der Waals surface area contributed by atoms with Crippen LogP contribution in [0.3, 0.4) is 0 Å². The largest absolute Gasteiger partial charge is 0.459 e. The molecule has 7 nitrogen and oxygen atoms in total. The lowest BCUT2D eigenvalue weighted by Crippen LogP contribution is -2.51. The summed E-state index contributed by atoms with van der Waals surface area (Å²) < 4.78 is 10.9. The Morgan fingerprint density at radius 3 is 2.11 bits per heavy atom. The average molecular weight is 393 g/mol. The molecule has 1 saturated heterocycles. The standard InChI is InChI=1S/C21H31NO6/c1-19(2,3)26-17(23)16-15(13-14-11-9-8-10-12-14)21(25,28-22(16)7)18(24)27-20(4,5)6/h8-12,15-16,25H,13H2,1-7H3/t15-,16-,21-/m1/s1. The van der Waals surface area contributed by atoms with Crippen LogP contribution in [0.25, 0.3) is 0 Å². The van der Waals surface area contributed by atoms with Gasteiger partial charge in [0.05, 0.1) is 5.92 Å². The molecule has 1 aromatic carbocycles. The van der Waals surface area contributed by atoms with Crippen LogP contribution in [-0.2, 0) is 30.3 Å². The number of esters is 2. The van der Waals surface area contributed by atoms with Crippen molar-refractivity contribution in [1.82, 2.24) is 5.06 Å². The molecule has 0 spiro atoms. The molecule has 28 heavy (non-hydrogen) atoms. The molecular weight excluding hydrogens is 362 g/mol. The molecule has 7 heteroatoms. The topological polar surface area (TPSA) is 85.3 Å². The Morgan fingerprint density at radius 1 is 1.07 bits per heavy atom. The van der Waals surface area contributed by atoms with Crippen molar-refractivity contribution in [3.05, 3.63) is 35.9 Å². The Labute approximate surface area is 166 Å². The van der Waals surface area contributed by atoms with Gasteiger partial charge in [-0.25, -0.2) is 4.79 Å². The molecule has 3 atom stereocenters. The molecule has 0 aliphatic carbocycles. The minimum atomic E-state index is -2.31. The first kappa shape index (κ1) is 22.3. The summed E-state index contributed by atoms with van der Waals surface area (Å²) in [7, 11) is 1.49. The fourth-order valence-corrected chi connectivity index (χ4v) is 3.14. The van der Waals surface area contributed by atoms with Crippen LogP contribution in [0.1, 0.15) is 47.1 Å². The second-order valence-corrected chi connectivity index (χ2v) is 9.11. The number of hydrogen-bond donors (Lipinski definition) is 1. The van der Waals surface area contributed by atoms with Crippen LogP contribution in [0, 0.1) is 5.92 Å². The number of aliphatic hydroxyl groups is 1. The third-order valence-corrected chi connectivity index (χ3v) is 4.20. The van der Waals surface area contributed by atoms with Crippen LogP contribution in [0.2, 0.25) is 0 Å². The highest BCUT2D eigenvalue weighted by atomic mass is 16.8. The average Bonchev–Trinajstić information content (AvgIpc) is 2.77. The summed E-state index contributed by atoms with van der Waals surface area (Å²) in [5.41, 5.74) is -0.695. The zero-order chi connectivity index (χ0) is 21.3. The Kier molecular flexibility index (Phi) is 6.23. The summed E-state index contributed by atoms with van der Waals surface area (Å²) in [5, 5.41) is 12.4. The number of hydrogen-bond acceptors (Lipinski definition) is 7. The molecule has 0 saturated carbocycles. The minimum Gasteiger partial charge on any atom is -0.459 e. The Balaban J connectivity index is 2.41. The van der Waals surface area contributed by atoms with E-state index in [1.807, 2.05) is 30.3 Å². The molecule has 0 bridgehead atoms. The number of nitrogens with zero attached hydrogens (tertiary/aromatic N) is 1. The fraction of sp³-hybridized carbons (Fsp3) is 0.619. The molecule has 0 unspecified atom stereocenters. The molecule has 1 fully saturated rings. The maximum atomic E-state index is 12.9. The van der Waals surface area contributed by atoms with E-state index in [0.29, 0.717) is 0 Å². The van der Waals surface area contributed by atoms with Crippen molar-refractivity contribution in [2.24, 2.45) is 5.92 Å². The van der Waals surface area contributed by atoms with Gasteiger partial charge in [0.2, 0.25) is 0 Å². The van der Waals surface area contributed by atoms with E-state index in [1.165, 1.54) is 12.1 Å². The van der Waals surface area contributed by atoms with Crippen molar-refractivity contribution in [3.8, 4) is 0 Å². The van der Waals surface area contributed by atoms with Crippen molar-refractivity contribution in [2.45, 2.75) is 71.0 Å². The first-order chi connectivity index (χ1) is 12.7. The third-order valence-electron chi connectivity index (χ3n) is 4.20. The van der Waals surface area contributed by atoms with Gasteiger partial charge in [0.1, 0.15) is 17.2 Å². The van der Waals surface area contributed by atoms with Crippen molar-refractivity contribution < 1.29 is 29.0 Å². The molecule has 1 aliphatic heterocycles. The van der Waals surface area contributed by atoms with Crippen LogP contribution >= 0.6 is 0 Å². The lowest BCUT2D eigenvalue weighted by Gasteiger charge is -2.30. The van der Waals surface area contributed by atoms with Gasteiger partial charge in [0.25, 0.3) is 5.79 Å². The quantitative estimate of drug-likeness (QED) is 0.787. The molecule has 156 valence electrons. The number of ether oxygens (including phenoxy) is 2. The Morgan fingerprint density at radius 2 is 1.61 bits per heavy atom. The number of benzene rings is 1. The second kappa shape index (κ2) is 7.81. The summed E-state index contributed by atoms with van der Waals surface area (Å²) in [6.45, 7) is 10.4. The van der Waals surface area contributed by atoms with Gasteiger partial charge in [-0.3, -0.25) is 9.63 Å². The molecule has 0 aromatic heterocycles. The van der Waals surface area contributed by atoms with Gasteiger partial charge in [-0.1, -0.05) is 30.3 Å². The van der Waals surface area contributed by atoms with Crippen molar-refractivity contribution in [1.29, 1.82) is 0 Å². The Hall–Kier alpha value is -1.96. The molecule has 2 rings (SSSR count). The SMILES string of the molecule is CN1O[C@@](O)(C(=O)OC(C)(C)C)[C@H](Cc2ccccc2)[C@@H]1C(=O)OC(C)(C)C. The lowest BCUT2D eigenvalue weighted by molar-refractivity contribution is -0.288. The molecule has 0 amide bonds. The molecular formula is C21H31NO6. The fourth-order valence-electron chi connectivity index (χ4n) is 3.14. The van der Waals surface area contributed by atoms with Gasteiger partial charge in [-0.15, -0.1) is 0 Å². The molecule has 0 radical (unpaired) electrons. The highest BCUT2D eigenvalue weighted by Crippen LogP contribution is 2.39. The van der Waals surface area contributed by atoms with Gasteiger partial charge in [0, 0.05) is 7.05 Å². The zero-order valence-electron chi connectivity index (χ0n) is 17.7. The molecule has 1 heterocycles. The van der Waals surface area contributed by atoms with E-state index >= 15 is 0 Å². The van der Waals surface area contributed by atoms with Crippen LogP contribution in [0.4, 0.5) is 0 Å². The number of likely N-dealkylation sites (N-methyl/N-ethyl adjacent to an activating group) is 1. The maximum Gasteiger partial charge on any atom is 0.369 e. The molecule has 1 aromatic rings. The second-order valence-electron chi connectivity index (χ2n) is 9.11. The summed E-state index contributed by atoms with van der Waals surface area (Å²) in [6, 6.07) is 8.32. The number of carbonyl (C=O) groups excluding carboxylic acids is 2. The van der Waals surface area contributed by atoms with Crippen LogP contribution in [0.5, 0.6) is 0 Å². The lowest BCUT2D eigenvalue weighted by atomic mass is 9.85. The van der Waals surface area contributed by atoms with E-state index in [0.717, 1.165) is 5.56 Å². The van der Waals surface area contributed by atoms with Crippen LogP contribution < -0.4 is 0 Å². The van der Waals surface area contributed by atoms with E-state index in [1.54, 1.807) is 41.5 Å². The normalized spacial score (nSPS) is 26.1. The zero-order valence-corrected chi connectivity index (χ0v) is 17.7. The first-order valence-corrected chi connectivity index (χ1v) is 9.37. The van der Waals surface area contributed by atoms with Gasteiger partial charge in [-0.05, 0) is 53.5 Å². The predicted molar refractivity (Wildman–Crippen MR) is 103 cm³/mol. The smallest absolute Gasteiger partial charge is 0.369 e. The highest BCUT2D eigenvalue weighted by molar-refractivity contribution is 5.83. The van der Waals surface area contributed by atoms with Gasteiger partial charge in [-0.2, -0.15) is 5.06 Å². The van der Waals surface area contributed by atoms with Crippen molar-refractivity contribution in [3.63, 3.8) is 0 Å². The van der Waals surface area contributed by atoms with E-state index in [-0.39, 0.29) is 6.42 Å². The number of hydroxylamine groups is 2. The van der Waals surface area contributed by atoms with Gasteiger partial charge >= 0.3 is 11.9 Å². The predicted octanol–water partition coefficient (Wildman–Crippen LogP) is 2.46. The Bertz CT molecular complexity index is 706. The maximum absolute atomic E-state index is 12.9.